The van der Waals surface area contributed by atoms with Crippen LogP contribution in [0.25, 0.3) is 0 Å². The Kier molecular flexibility index (Phi) is 2.70. The average Bonchev–Trinajstić information content (AvgIpc) is 2.77. The molecule has 1 atom stereocenters. The lowest BCUT2D eigenvalue weighted by atomic mass is 10.1. The van der Waals surface area contributed by atoms with Gasteiger partial charge in [0, 0.05) is 16.2 Å². The SMILES string of the molecule is CC1(C)CC1NC(=O)c1cc(Br)ccc1N. The molecule has 1 fully saturated rings. The topological polar surface area (TPSA) is 55.1 Å². The number of hydrogen-bond donors (Lipinski definition) is 2. The van der Waals surface area contributed by atoms with E-state index in [4.69, 9.17) is 5.73 Å². The fourth-order valence-electron chi connectivity index (χ4n) is 1.67. The minimum Gasteiger partial charge on any atom is -0.398 e. The first-order valence-corrected chi connectivity index (χ1v) is 6.05. The maximum absolute atomic E-state index is 11.9. The van der Waals surface area contributed by atoms with Crippen molar-refractivity contribution < 1.29 is 4.79 Å². The van der Waals surface area contributed by atoms with Crippen molar-refractivity contribution in [1.29, 1.82) is 0 Å². The Morgan fingerprint density at radius 2 is 2.19 bits per heavy atom. The fraction of sp³-hybridized carbons (Fsp3) is 0.417. The van der Waals surface area contributed by atoms with Crippen molar-refractivity contribution in [3.8, 4) is 0 Å². The molecule has 1 amide bonds. The van der Waals surface area contributed by atoms with Crippen LogP contribution >= 0.6 is 15.9 Å². The number of benzene rings is 1. The number of amides is 1. The molecule has 4 heteroatoms. The van der Waals surface area contributed by atoms with E-state index in [1.807, 2.05) is 6.07 Å². The van der Waals surface area contributed by atoms with Crippen molar-refractivity contribution in [2.75, 3.05) is 5.73 Å². The molecule has 0 spiro atoms. The highest BCUT2D eigenvalue weighted by atomic mass is 79.9. The highest BCUT2D eigenvalue weighted by molar-refractivity contribution is 9.10. The van der Waals surface area contributed by atoms with Gasteiger partial charge in [0.05, 0.1) is 5.56 Å². The van der Waals surface area contributed by atoms with E-state index in [1.54, 1.807) is 12.1 Å². The largest absolute Gasteiger partial charge is 0.398 e. The summed E-state index contributed by atoms with van der Waals surface area (Å²) in [6.45, 7) is 4.28. The smallest absolute Gasteiger partial charge is 0.253 e. The number of nitrogens with one attached hydrogen (secondary N) is 1. The van der Waals surface area contributed by atoms with E-state index in [2.05, 4.69) is 35.1 Å². The number of nitrogens with two attached hydrogens (primary N) is 1. The maximum Gasteiger partial charge on any atom is 0.253 e. The van der Waals surface area contributed by atoms with E-state index in [9.17, 15) is 4.79 Å². The molecule has 0 bridgehead atoms. The van der Waals surface area contributed by atoms with Gasteiger partial charge in [0.15, 0.2) is 0 Å². The second kappa shape index (κ2) is 3.77. The van der Waals surface area contributed by atoms with Crippen LogP contribution in [0, 0.1) is 5.41 Å². The van der Waals surface area contributed by atoms with Gasteiger partial charge in [0.25, 0.3) is 5.91 Å². The van der Waals surface area contributed by atoms with Crippen molar-refractivity contribution in [3.63, 3.8) is 0 Å². The molecule has 1 aliphatic rings. The molecule has 2 rings (SSSR count). The summed E-state index contributed by atoms with van der Waals surface area (Å²) in [4.78, 5) is 11.9. The number of rotatable bonds is 2. The van der Waals surface area contributed by atoms with Crippen LogP contribution in [0.1, 0.15) is 30.6 Å². The molecule has 86 valence electrons. The Hall–Kier alpha value is -1.03. The summed E-state index contributed by atoms with van der Waals surface area (Å²) < 4.78 is 0.863. The summed E-state index contributed by atoms with van der Waals surface area (Å²) in [6, 6.07) is 5.59. The van der Waals surface area contributed by atoms with E-state index in [-0.39, 0.29) is 17.4 Å². The van der Waals surface area contributed by atoms with Gasteiger partial charge in [-0.3, -0.25) is 4.79 Å². The standard InChI is InChI=1S/C12H15BrN2O/c1-12(2)6-10(12)15-11(16)8-5-7(13)3-4-9(8)14/h3-5,10H,6,14H2,1-2H3,(H,15,16). The van der Waals surface area contributed by atoms with Crippen LogP contribution in [0.3, 0.4) is 0 Å². The van der Waals surface area contributed by atoms with Crippen molar-refractivity contribution in [1.82, 2.24) is 5.32 Å². The lowest BCUT2D eigenvalue weighted by Gasteiger charge is -2.09. The Morgan fingerprint density at radius 1 is 1.56 bits per heavy atom. The molecule has 0 radical (unpaired) electrons. The van der Waals surface area contributed by atoms with Crippen molar-refractivity contribution in [2.24, 2.45) is 5.41 Å². The third kappa shape index (κ3) is 2.21. The molecule has 1 unspecified atom stereocenters. The summed E-state index contributed by atoms with van der Waals surface area (Å²) in [7, 11) is 0. The first-order valence-electron chi connectivity index (χ1n) is 5.26. The number of carbonyl (C=O) groups excluding carboxylic acids is 1. The highest BCUT2D eigenvalue weighted by Gasteiger charge is 2.46. The van der Waals surface area contributed by atoms with E-state index in [1.165, 1.54) is 0 Å². The normalized spacial score (nSPS) is 21.6. The Bertz CT molecular complexity index is 443. The van der Waals surface area contributed by atoms with Crippen LogP contribution in [0.5, 0.6) is 0 Å². The van der Waals surface area contributed by atoms with Gasteiger partial charge in [-0.05, 0) is 30.0 Å². The monoisotopic (exact) mass is 282 g/mol. The average molecular weight is 283 g/mol. The molecule has 3 nitrogen and oxygen atoms in total. The van der Waals surface area contributed by atoms with Gasteiger partial charge in [-0.1, -0.05) is 29.8 Å². The fourth-order valence-corrected chi connectivity index (χ4v) is 2.04. The van der Waals surface area contributed by atoms with E-state index in [0.717, 1.165) is 10.9 Å². The molecule has 1 aromatic carbocycles. The quantitative estimate of drug-likeness (QED) is 0.820. The third-order valence-electron chi connectivity index (χ3n) is 3.08. The van der Waals surface area contributed by atoms with Crippen LogP contribution in [0.2, 0.25) is 0 Å². The van der Waals surface area contributed by atoms with E-state index in [0.29, 0.717) is 11.3 Å². The van der Waals surface area contributed by atoms with Gasteiger partial charge in [0.2, 0.25) is 0 Å². The molecule has 1 saturated carbocycles. The van der Waals surface area contributed by atoms with Crippen molar-refractivity contribution >= 4 is 27.5 Å². The summed E-state index contributed by atoms with van der Waals surface area (Å²) >= 11 is 3.33. The van der Waals surface area contributed by atoms with Gasteiger partial charge < -0.3 is 11.1 Å². The number of anilines is 1. The first-order chi connectivity index (χ1) is 7.40. The van der Waals surface area contributed by atoms with Gasteiger partial charge in [-0.25, -0.2) is 0 Å². The number of nitrogen functional groups attached to an aromatic ring is 1. The number of hydrogen-bond acceptors (Lipinski definition) is 2. The minimum absolute atomic E-state index is 0.0885. The summed E-state index contributed by atoms with van der Waals surface area (Å²) in [6.07, 6.45) is 1.03. The lowest BCUT2D eigenvalue weighted by molar-refractivity contribution is 0.0947. The highest BCUT2D eigenvalue weighted by Crippen LogP contribution is 2.44. The zero-order chi connectivity index (χ0) is 11.9. The zero-order valence-electron chi connectivity index (χ0n) is 9.38. The second-order valence-electron chi connectivity index (χ2n) is 4.95. The molecule has 0 heterocycles. The summed E-state index contributed by atoms with van der Waals surface area (Å²) in [5, 5.41) is 2.99. The molecule has 0 aliphatic heterocycles. The molecule has 1 aromatic rings. The molecule has 16 heavy (non-hydrogen) atoms. The third-order valence-corrected chi connectivity index (χ3v) is 3.57. The first kappa shape index (κ1) is 11.5. The molecule has 1 aliphatic carbocycles. The van der Waals surface area contributed by atoms with E-state index < -0.39 is 0 Å². The number of halogens is 1. The van der Waals surface area contributed by atoms with Gasteiger partial charge in [-0.2, -0.15) is 0 Å². The molecule has 0 saturated heterocycles. The molecule has 3 N–H and O–H groups in total. The van der Waals surface area contributed by atoms with Crippen LogP contribution in [-0.4, -0.2) is 11.9 Å². The Balaban J connectivity index is 2.12. The Morgan fingerprint density at radius 3 is 2.75 bits per heavy atom. The van der Waals surface area contributed by atoms with Crippen LogP contribution in [0.15, 0.2) is 22.7 Å². The van der Waals surface area contributed by atoms with Crippen LogP contribution < -0.4 is 11.1 Å². The predicted octanol–water partition coefficient (Wildman–Crippen LogP) is 2.56. The second-order valence-corrected chi connectivity index (χ2v) is 5.87. The predicted molar refractivity (Wildman–Crippen MR) is 68.2 cm³/mol. The molecular formula is C12H15BrN2O. The maximum atomic E-state index is 11.9. The van der Waals surface area contributed by atoms with Gasteiger partial charge in [-0.15, -0.1) is 0 Å². The molecular weight excluding hydrogens is 268 g/mol. The summed E-state index contributed by atoms with van der Waals surface area (Å²) in [5.41, 5.74) is 7.06. The summed E-state index contributed by atoms with van der Waals surface area (Å²) in [5.74, 6) is -0.0885. The lowest BCUT2D eigenvalue weighted by Crippen LogP contribution is -2.29. The minimum atomic E-state index is -0.0885. The van der Waals surface area contributed by atoms with Gasteiger partial charge >= 0.3 is 0 Å². The van der Waals surface area contributed by atoms with Crippen molar-refractivity contribution in [2.45, 2.75) is 26.3 Å². The van der Waals surface area contributed by atoms with E-state index >= 15 is 0 Å². The van der Waals surface area contributed by atoms with Crippen LogP contribution in [-0.2, 0) is 0 Å². The van der Waals surface area contributed by atoms with Crippen molar-refractivity contribution in [3.05, 3.63) is 28.2 Å². The zero-order valence-corrected chi connectivity index (χ0v) is 11.0. The van der Waals surface area contributed by atoms with Crippen LogP contribution in [0.4, 0.5) is 5.69 Å². The molecule has 0 aromatic heterocycles. The Labute approximate surface area is 104 Å². The number of carbonyl (C=O) groups is 1. The van der Waals surface area contributed by atoms with Gasteiger partial charge in [0.1, 0.15) is 0 Å².